The second kappa shape index (κ2) is 9.96. The van der Waals surface area contributed by atoms with Crippen LogP contribution < -0.4 is 0 Å². The normalized spacial score (nSPS) is 39.4. The lowest BCUT2D eigenvalue weighted by atomic mass is 9.42. The number of hydrogen-bond donors (Lipinski definition) is 2. The molecular weight excluding hydrogens is 528 g/mol. The van der Waals surface area contributed by atoms with Crippen LogP contribution in [0.25, 0.3) is 0 Å². The van der Waals surface area contributed by atoms with Crippen LogP contribution in [-0.4, -0.2) is 57.5 Å². The number of hydrogen-bond acceptors (Lipinski definition) is 8. The van der Waals surface area contributed by atoms with Crippen LogP contribution in [0.1, 0.15) is 93.9 Å². The first kappa shape index (κ1) is 31.3. The first-order valence-corrected chi connectivity index (χ1v) is 14.7. The van der Waals surface area contributed by atoms with Crippen LogP contribution in [0.3, 0.4) is 0 Å². The lowest BCUT2D eigenvalue weighted by Crippen LogP contribution is -2.65. The van der Waals surface area contributed by atoms with Crippen LogP contribution in [0.5, 0.6) is 0 Å². The molecule has 2 N–H and O–H groups in total. The van der Waals surface area contributed by atoms with Gasteiger partial charge in [0.1, 0.15) is 11.6 Å². The van der Waals surface area contributed by atoms with E-state index in [2.05, 4.69) is 0 Å². The summed E-state index contributed by atoms with van der Waals surface area (Å²) in [6.07, 6.45) is -1.19. The zero-order valence-corrected chi connectivity index (χ0v) is 25.5. The maximum absolute atomic E-state index is 14.6. The van der Waals surface area contributed by atoms with Gasteiger partial charge in [-0.05, 0) is 42.9 Å². The molecule has 226 valence electrons. The Morgan fingerprint density at radius 3 is 2.15 bits per heavy atom. The van der Waals surface area contributed by atoms with Gasteiger partial charge in [-0.15, -0.1) is 0 Å². The van der Waals surface area contributed by atoms with Gasteiger partial charge in [0.2, 0.25) is 5.78 Å². The highest BCUT2D eigenvalue weighted by Gasteiger charge is 2.74. The van der Waals surface area contributed by atoms with Gasteiger partial charge in [-0.3, -0.25) is 28.8 Å². The third kappa shape index (κ3) is 4.28. The van der Waals surface area contributed by atoms with Gasteiger partial charge in [-0.25, -0.2) is 0 Å². The standard InChI is InChI=1S/C32H44O9/c1-15(11-18(34)12-16(2)28(39)40)19-13-23(37)32(8)24-20(35)14-21-29(4,5)22(36)9-10-30(21,6)25(24)26(38)27(31(19,32)7)41-17(3)33/h15-16,19,21-22,27,36H,9-14H2,1-8H3,(H,39,40)/t15?,16?,19?,21?,22-,27+,30?,31?,32?/m0/s1. The molecule has 2 saturated carbocycles. The second-order valence-electron chi connectivity index (χ2n) is 14.4. The number of ketones is 4. The molecule has 0 amide bonds. The van der Waals surface area contributed by atoms with Crippen molar-refractivity contribution >= 4 is 35.1 Å². The predicted octanol–water partition coefficient (Wildman–Crippen LogP) is 3.88. The summed E-state index contributed by atoms with van der Waals surface area (Å²) < 4.78 is 5.80. The fourth-order valence-electron chi connectivity index (χ4n) is 9.17. The number of carboxylic acids is 1. The number of allylic oxidation sites excluding steroid dienone is 1. The molecule has 7 unspecified atom stereocenters. The molecule has 0 radical (unpaired) electrons. The van der Waals surface area contributed by atoms with Crippen LogP contribution in [0.15, 0.2) is 11.1 Å². The van der Waals surface area contributed by atoms with E-state index in [0.717, 1.165) is 0 Å². The summed E-state index contributed by atoms with van der Waals surface area (Å²) in [7, 11) is 0. The number of esters is 1. The number of aliphatic hydroxyl groups is 1. The minimum Gasteiger partial charge on any atom is -0.481 e. The SMILES string of the molecule is CC(=O)O[C@@H]1C(=O)C2=C(C(=O)CC3C2(C)CC[C@H](O)C3(C)C)C2(C)C(=O)CC(C(C)CC(=O)CC(C)C(=O)O)C12C. The maximum atomic E-state index is 14.6. The molecule has 9 atom stereocenters. The summed E-state index contributed by atoms with van der Waals surface area (Å²) >= 11 is 0. The maximum Gasteiger partial charge on any atom is 0.306 e. The van der Waals surface area contributed by atoms with Gasteiger partial charge in [-0.2, -0.15) is 0 Å². The average molecular weight is 573 g/mol. The highest BCUT2D eigenvalue weighted by molar-refractivity contribution is 6.18. The van der Waals surface area contributed by atoms with E-state index in [1.54, 1.807) is 20.8 Å². The number of carboxylic acid groups (broad SMARTS) is 1. The molecule has 9 heteroatoms. The fraction of sp³-hybridized carbons (Fsp3) is 0.750. The van der Waals surface area contributed by atoms with Crippen LogP contribution in [0.4, 0.5) is 0 Å². The summed E-state index contributed by atoms with van der Waals surface area (Å²) in [5.74, 6) is -5.24. The van der Waals surface area contributed by atoms with E-state index < -0.39 is 69.3 Å². The molecular formula is C32H44O9. The van der Waals surface area contributed by atoms with Crippen molar-refractivity contribution in [2.45, 2.75) is 106 Å². The molecule has 0 aromatic carbocycles. The molecule has 0 saturated heterocycles. The molecule has 9 nitrogen and oxygen atoms in total. The summed E-state index contributed by atoms with van der Waals surface area (Å²) in [5.41, 5.74) is -3.73. The largest absolute Gasteiger partial charge is 0.481 e. The third-order valence-corrected chi connectivity index (χ3v) is 11.8. The highest BCUT2D eigenvalue weighted by atomic mass is 16.5. The molecule has 0 heterocycles. The Hall–Kier alpha value is -2.68. The van der Waals surface area contributed by atoms with Gasteiger partial charge in [0.05, 0.1) is 17.4 Å². The average Bonchev–Trinajstić information content (AvgIpc) is 3.07. The Morgan fingerprint density at radius 2 is 1.59 bits per heavy atom. The molecule has 0 aromatic rings. The monoisotopic (exact) mass is 572 g/mol. The molecule has 4 aliphatic rings. The number of rotatable bonds is 7. The van der Waals surface area contributed by atoms with Crippen molar-refractivity contribution in [3.05, 3.63) is 11.1 Å². The van der Waals surface area contributed by atoms with E-state index in [0.29, 0.717) is 12.8 Å². The number of aliphatic carboxylic acids is 1. The quantitative estimate of drug-likeness (QED) is 0.433. The van der Waals surface area contributed by atoms with Crippen molar-refractivity contribution in [2.24, 2.45) is 45.3 Å². The van der Waals surface area contributed by atoms with Crippen LogP contribution in [0, 0.1) is 45.3 Å². The third-order valence-electron chi connectivity index (χ3n) is 11.8. The van der Waals surface area contributed by atoms with Gasteiger partial charge in [0.25, 0.3) is 0 Å². The molecule has 0 spiro atoms. The number of Topliss-reactive ketones (excluding diaryl/α,β-unsaturated/α-hetero) is 4. The van der Waals surface area contributed by atoms with E-state index >= 15 is 0 Å². The summed E-state index contributed by atoms with van der Waals surface area (Å²) in [4.78, 5) is 79.5. The van der Waals surface area contributed by atoms with Gasteiger partial charge < -0.3 is 14.9 Å². The Kier molecular flexibility index (Phi) is 7.59. The van der Waals surface area contributed by atoms with Gasteiger partial charge >= 0.3 is 11.9 Å². The Balaban J connectivity index is 1.88. The van der Waals surface area contributed by atoms with Crippen molar-refractivity contribution in [3.8, 4) is 0 Å². The minimum absolute atomic E-state index is 0.00458. The van der Waals surface area contributed by atoms with E-state index in [9.17, 15) is 39.0 Å². The molecule has 0 bridgehead atoms. The number of carbonyl (C=O) groups is 6. The van der Waals surface area contributed by atoms with E-state index in [1.165, 1.54) is 13.8 Å². The second-order valence-corrected chi connectivity index (χ2v) is 14.4. The predicted molar refractivity (Wildman–Crippen MR) is 147 cm³/mol. The summed E-state index contributed by atoms with van der Waals surface area (Å²) in [6.45, 7) is 13.6. The Labute approximate surface area is 241 Å². The topological polar surface area (TPSA) is 152 Å². The van der Waals surface area contributed by atoms with Gasteiger partial charge in [0.15, 0.2) is 11.9 Å². The Morgan fingerprint density at radius 1 is 0.976 bits per heavy atom. The van der Waals surface area contributed by atoms with Crippen molar-refractivity contribution in [2.75, 3.05) is 0 Å². The fourth-order valence-corrected chi connectivity index (χ4v) is 9.17. The Bertz CT molecular complexity index is 1260. The first-order valence-electron chi connectivity index (χ1n) is 14.7. The van der Waals surface area contributed by atoms with Crippen molar-refractivity contribution in [1.82, 2.24) is 0 Å². The molecule has 4 rings (SSSR count). The van der Waals surface area contributed by atoms with Crippen molar-refractivity contribution < 1.29 is 43.7 Å². The lowest BCUT2D eigenvalue weighted by molar-refractivity contribution is -0.176. The summed E-state index contributed by atoms with van der Waals surface area (Å²) in [6, 6.07) is 0. The number of fused-ring (bicyclic) bond motifs is 4. The van der Waals surface area contributed by atoms with E-state index in [1.807, 2.05) is 20.8 Å². The molecule has 41 heavy (non-hydrogen) atoms. The first-order chi connectivity index (χ1) is 18.8. The number of carbonyl (C=O) groups excluding carboxylic acids is 5. The molecule has 0 aromatic heterocycles. The molecule has 4 aliphatic carbocycles. The van der Waals surface area contributed by atoms with Gasteiger partial charge in [-0.1, -0.05) is 41.5 Å². The van der Waals surface area contributed by atoms with Crippen LogP contribution in [-0.2, 0) is 33.5 Å². The van der Waals surface area contributed by atoms with E-state index in [-0.39, 0.29) is 60.1 Å². The smallest absolute Gasteiger partial charge is 0.306 e. The molecule has 2 fully saturated rings. The molecule has 0 aliphatic heterocycles. The lowest BCUT2D eigenvalue weighted by Gasteiger charge is -2.61. The van der Waals surface area contributed by atoms with Crippen LogP contribution >= 0.6 is 0 Å². The van der Waals surface area contributed by atoms with E-state index in [4.69, 9.17) is 4.74 Å². The van der Waals surface area contributed by atoms with Crippen LogP contribution in [0.2, 0.25) is 0 Å². The van der Waals surface area contributed by atoms with Crippen molar-refractivity contribution in [3.63, 3.8) is 0 Å². The number of aliphatic hydroxyl groups excluding tert-OH is 1. The van der Waals surface area contributed by atoms with Crippen molar-refractivity contribution in [1.29, 1.82) is 0 Å². The zero-order valence-electron chi connectivity index (χ0n) is 25.5. The zero-order chi connectivity index (χ0) is 31.0. The minimum atomic E-state index is -1.43. The number of ether oxygens (including phenoxy) is 1. The summed E-state index contributed by atoms with van der Waals surface area (Å²) in [5, 5.41) is 20.1. The van der Waals surface area contributed by atoms with Gasteiger partial charge in [0, 0.05) is 54.6 Å². The highest BCUT2D eigenvalue weighted by Crippen LogP contribution is 2.70.